The number of ether oxygens (including phenoxy) is 1. The Morgan fingerprint density at radius 1 is 1.21 bits per heavy atom. The van der Waals surface area contributed by atoms with Gasteiger partial charge in [-0.25, -0.2) is 0 Å². The van der Waals surface area contributed by atoms with Crippen LogP contribution >= 0.6 is 0 Å². The van der Waals surface area contributed by atoms with Gasteiger partial charge in [-0.1, -0.05) is 12.8 Å². The van der Waals surface area contributed by atoms with E-state index in [2.05, 4.69) is 37.0 Å². The summed E-state index contributed by atoms with van der Waals surface area (Å²) in [5, 5.41) is 1.16. The molecule has 0 amide bonds. The molecule has 1 fully saturated rings. The van der Waals surface area contributed by atoms with Gasteiger partial charge in [-0.2, -0.15) is 0 Å². The maximum Gasteiger partial charge on any atom is 0.130 e. The number of benzene rings is 1. The lowest BCUT2D eigenvalue weighted by Gasteiger charge is -2.13. The van der Waals surface area contributed by atoms with Gasteiger partial charge in [-0.15, -0.1) is 0 Å². The minimum atomic E-state index is 0.218. The van der Waals surface area contributed by atoms with Crippen LogP contribution in [-0.4, -0.2) is 15.8 Å². The largest absolute Gasteiger partial charge is 0.489 e. The molecular formula is C25H30N2O2. The molecule has 4 heteroatoms. The molecule has 2 heterocycles. The minimum absolute atomic E-state index is 0.218. The summed E-state index contributed by atoms with van der Waals surface area (Å²) in [5.74, 6) is 1.71. The highest BCUT2D eigenvalue weighted by Crippen LogP contribution is 2.34. The van der Waals surface area contributed by atoms with Crippen LogP contribution in [0.3, 0.4) is 0 Å². The third-order valence-electron chi connectivity index (χ3n) is 6.18. The predicted molar refractivity (Wildman–Crippen MR) is 117 cm³/mol. The number of aromatic amines is 1. The van der Waals surface area contributed by atoms with Crippen LogP contribution in [0.4, 0.5) is 0 Å². The normalized spacial score (nSPS) is 14.6. The zero-order chi connectivity index (χ0) is 20.4. The van der Waals surface area contributed by atoms with Crippen LogP contribution in [0.25, 0.3) is 10.9 Å². The Bertz CT molecular complexity index is 1030. The second-order valence-corrected chi connectivity index (χ2v) is 8.45. The number of aromatic nitrogens is 2. The molecule has 0 bridgehead atoms. The van der Waals surface area contributed by atoms with Crippen LogP contribution in [0.1, 0.15) is 73.0 Å². The van der Waals surface area contributed by atoms with Gasteiger partial charge in [-0.05, 0) is 75.4 Å². The monoisotopic (exact) mass is 390 g/mol. The van der Waals surface area contributed by atoms with Crippen molar-refractivity contribution in [3.8, 4) is 5.75 Å². The van der Waals surface area contributed by atoms with Crippen molar-refractivity contribution in [3.63, 3.8) is 0 Å². The van der Waals surface area contributed by atoms with E-state index in [-0.39, 0.29) is 5.78 Å². The van der Waals surface area contributed by atoms with E-state index in [1.165, 1.54) is 42.5 Å². The lowest BCUT2D eigenvalue weighted by atomic mass is 9.98. The number of carbonyl (C=O) groups excluding carboxylic acids is 1. The molecule has 0 atom stereocenters. The number of ketones is 1. The number of rotatable bonds is 7. The van der Waals surface area contributed by atoms with E-state index in [9.17, 15) is 4.79 Å². The zero-order valence-corrected chi connectivity index (χ0v) is 17.7. The van der Waals surface area contributed by atoms with Crippen LogP contribution in [0.5, 0.6) is 5.75 Å². The molecule has 1 saturated carbocycles. The summed E-state index contributed by atoms with van der Waals surface area (Å²) in [6.45, 7) is 6.43. The van der Waals surface area contributed by atoms with Gasteiger partial charge in [0.1, 0.15) is 18.1 Å². The molecule has 4 rings (SSSR count). The summed E-state index contributed by atoms with van der Waals surface area (Å²) in [6.07, 6.45) is 8.50. The first-order chi connectivity index (χ1) is 14.0. The van der Waals surface area contributed by atoms with Crippen molar-refractivity contribution in [3.05, 3.63) is 58.5 Å². The second-order valence-electron chi connectivity index (χ2n) is 8.45. The summed E-state index contributed by atoms with van der Waals surface area (Å²) >= 11 is 0. The van der Waals surface area contributed by atoms with Crippen molar-refractivity contribution in [2.24, 2.45) is 0 Å². The summed E-state index contributed by atoms with van der Waals surface area (Å²) in [5.41, 5.74) is 7.09. The molecule has 3 aromatic rings. The smallest absolute Gasteiger partial charge is 0.130 e. The number of hydrogen-bond acceptors (Lipinski definition) is 3. The Balaban J connectivity index is 1.46. The number of pyridine rings is 1. The van der Waals surface area contributed by atoms with Gasteiger partial charge < -0.3 is 14.5 Å². The molecular weight excluding hydrogens is 360 g/mol. The Hall–Kier alpha value is -2.62. The van der Waals surface area contributed by atoms with Gasteiger partial charge in [0.2, 0.25) is 0 Å². The van der Waals surface area contributed by atoms with Crippen molar-refractivity contribution in [2.45, 2.75) is 71.8 Å². The van der Waals surface area contributed by atoms with E-state index < -0.39 is 0 Å². The Morgan fingerprint density at radius 2 is 2.00 bits per heavy atom. The van der Waals surface area contributed by atoms with Crippen LogP contribution in [0, 0.1) is 13.8 Å². The first-order valence-electron chi connectivity index (χ1n) is 10.7. The highest BCUT2D eigenvalue weighted by molar-refractivity contribution is 5.86. The van der Waals surface area contributed by atoms with Gasteiger partial charge in [0.25, 0.3) is 0 Å². The highest BCUT2D eigenvalue weighted by Gasteiger charge is 2.20. The number of aryl methyl sites for hydroxylation is 3. The van der Waals surface area contributed by atoms with Crippen molar-refractivity contribution < 1.29 is 9.53 Å². The lowest BCUT2D eigenvalue weighted by Crippen LogP contribution is -2.03. The van der Waals surface area contributed by atoms with Gasteiger partial charge in [0, 0.05) is 46.4 Å². The average molecular weight is 391 g/mol. The van der Waals surface area contributed by atoms with Crippen LogP contribution in [0.15, 0.2) is 30.5 Å². The summed E-state index contributed by atoms with van der Waals surface area (Å²) < 4.78 is 6.07. The highest BCUT2D eigenvalue weighted by atomic mass is 16.5. The number of carbonyl (C=O) groups is 1. The van der Waals surface area contributed by atoms with Crippen molar-refractivity contribution in [1.29, 1.82) is 0 Å². The van der Waals surface area contributed by atoms with Crippen LogP contribution in [0.2, 0.25) is 0 Å². The molecule has 1 N–H and O–H groups in total. The lowest BCUT2D eigenvalue weighted by molar-refractivity contribution is -0.116. The molecule has 0 saturated heterocycles. The fraction of sp³-hybridized carbons (Fsp3) is 0.440. The van der Waals surface area contributed by atoms with Crippen molar-refractivity contribution in [2.75, 3.05) is 0 Å². The van der Waals surface area contributed by atoms with Crippen molar-refractivity contribution in [1.82, 2.24) is 9.97 Å². The quantitative estimate of drug-likeness (QED) is 0.543. The van der Waals surface area contributed by atoms with E-state index in [1.54, 1.807) is 6.92 Å². The molecule has 1 aliphatic carbocycles. The van der Waals surface area contributed by atoms with E-state index in [1.807, 2.05) is 12.3 Å². The molecule has 1 aliphatic rings. The zero-order valence-electron chi connectivity index (χ0n) is 17.7. The SMILES string of the molecule is CC(=O)CCc1[nH]c2ccc(OCc3cnc(C4CCCC4)c(C)c3)cc2c1C. The standard InChI is InChI=1S/C25H30N2O2/c1-16-12-19(14-26-25(16)20-6-4-5-7-20)15-29-21-9-11-24-22(13-21)18(3)23(27-24)10-8-17(2)28/h9,11-14,20,27H,4-8,10,15H2,1-3H3. The molecule has 0 spiro atoms. The number of nitrogens with zero attached hydrogens (tertiary/aromatic N) is 1. The van der Waals surface area contributed by atoms with E-state index in [0.29, 0.717) is 18.9 Å². The summed E-state index contributed by atoms with van der Waals surface area (Å²) in [6, 6.07) is 8.37. The third-order valence-corrected chi connectivity index (χ3v) is 6.18. The average Bonchev–Trinajstić information content (AvgIpc) is 3.33. The summed E-state index contributed by atoms with van der Waals surface area (Å²) in [4.78, 5) is 19.5. The molecule has 4 nitrogen and oxygen atoms in total. The maximum atomic E-state index is 11.3. The number of Topliss-reactive ketones (excluding diaryl/α,β-unsaturated/α-hetero) is 1. The number of H-pyrrole nitrogens is 1. The van der Waals surface area contributed by atoms with Crippen LogP contribution < -0.4 is 4.74 Å². The topological polar surface area (TPSA) is 55.0 Å². The first-order valence-corrected chi connectivity index (χ1v) is 10.7. The van der Waals surface area contributed by atoms with Gasteiger partial charge >= 0.3 is 0 Å². The van der Waals surface area contributed by atoms with E-state index >= 15 is 0 Å². The fourth-order valence-electron chi connectivity index (χ4n) is 4.52. The Morgan fingerprint density at radius 3 is 2.72 bits per heavy atom. The van der Waals surface area contributed by atoms with E-state index in [4.69, 9.17) is 9.72 Å². The van der Waals surface area contributed by atoms with Crippen LogP contribution in [-0.2, 0) is 17.8 Å². The van der Waals surface area contributed by atoms with Crippen molar-refractivity contribution >= 4 is 16.7 Å². The van der Waals surface area contributed by atoms with Gasteiger partial charge in [-0.3, -0.25) is 4.98 Å². The van der Waals surface area contributed by atoms with Gasteiger partial charge in [0.15, 0.2) is 0 Å². The molecule has 0 radical (unpaired) electrons. The summed E-state index contributed by atoms with van der Waals surface area (Å²) in [7, 11) is 0. The number of fused-ring (bicyclic) bond motifs is 1. The van der Waals surface area contributed by atoms with E-state index in [0.717, 1.165) is 34.3 Å². The minimum Gasteiger partial charge on any atom is -0.489 e. The van der Waals surface area contributed by atoms with Gasteiger partial charge in [0.05, 0.1) is 0 Å². The second kappa shape index (κ2) is 8.40. The molecule has 1 aromatic carbocycles. The molecule has 29 heavy (non-hydrogen) atoms. The Kier molecular flexibility index (Phi) is 5.70. The maximum absolute atomic E-state index is 11.3. The molecule has 0 unspecified atom stereocenters. The molecule has 0 aliphatic heterocycles. The molecule has 2 aromatic heterocycles. The number of nitrogens with one attached hydrogen (secondary N) is 1. The third kappa shape index (κ3) is 4.36. The number of hydrogen-bond donors (Lipinski definition) is 1. The molecule has 152 valence electrons. The first kappa shape index (κ1) is 19.7. The predicted octanol–water partition coefficient (Wildman–Crippen LogP) is 5.94. The Labute approximate surface area is 172 Å². The fourth-order valence-corrected chi connectivity index (χ4v) is 4.52.